The van der Waals surface area contributed by atoms with Crippen LogP contribution >= 0.6 is 15.9 Å². The van der Waals surface area contributed by atoms with Crippen molar-refractivity contribution in [3.05, 3.63) is 34.4 Å². The summed E-state index contributed by atoms with van der Waals surface area (Å²) in [6.07, 6.45) is 0.443. The number of halogens is 1. The Bertz CT molecular complexity index is 764. The smallest absolute Gasteiger partial charge is 0.431 e. The monoisotopic (exact) mass is 398 g/mol. The summed E-state index contributed by atoms with van der Waals surface area (Å²) in [5.41, 5.74) is 2.93. The normalized spacial score (nSPS) is 11.4. The van der Waals surface area contributed by atoms with E-state index < -0.39 is 17.8 Å². The molecule has 0 saturated heterocycles. The highest BCUT2D eigenvalue weighted by atomic mass is 79.9. The Morgan fingerprint density at radius 1 is 1.29 bits per heavy atom. The zero-order chi connectivity index (χ0) is 17.9. The van der Waals surface area contributed by atoms with Crippen LogP contribution in [-0.4, -0.2) is 29.5 Å². The summed E-state index contributed by atoms with van der Waals surface area (Å²) in [5, 5.41) is 0.807. The largest absolute Gasteiger partial charge is 0.451 e. The van der Waals surface area contributed by atoms with Crippen molar-refractivity contribution in [2.75, 3.05) is 7.11 Å². The van der Waals surface area contributed by atoms with Crippen molar-refractivity contribution in [3.8, 4) is 0 Å². The number of ether oxygens (including phenoxy) is 2. The third kappa shape index (κ3) is 4.48. The predicted octanol–water partition coefficient (Wildman–Crippen LogP) is 3.97. The van der Waals surface area contributed by atoms with Crippen molar-refractivity contribution in [2.45, 2.75) is 33.0 Å². The van der Waals surface area contributed by atoms with Gasteiger partial charge < -0.3 is 9.47 Å². The lowest BCUT2D eigenvalue weighted by atomic mass is 10.2. The van der Waals surface area contributed by atoms with Crippen molar-refractivity contribution in [1.29, 1.82) is 0 Å². The van der Waals surface area contributed by atoms with Gasteiger partial charge in [-0.05, 0) is 39.0 Å². The highest BCUT2D eigenvalue weighted by Crippen LogP contribution is 2.26. The number of nitrogens with one attached hydrogen (secondary N) is 1. The fourth-order valence-electron chi connectivity index (χ4n) is 2.06. The number of hydrogen-bond donors (Lipinski definition) is 1. The maximum absolute atomic E-state index is 12.4. The van der Waals surface area contributed by atoms with Gasteiger partial charge in [-0.25, -0.2) is 9.59 Å². The van der Waals surface area contributed by atoms with Crippen molar-refractivity contribution >= 4 is 39.0 Å². The van der Waals surface area contributed by atoms with Crippen LogP contribution in [0.25, 0.3) is 10.9 Å². The minimum atomic E-state index is -0.702. The van der Waals surface area contributed by atoms with E-state index in [9.17, 15) is 9.59 Å². The third-order valence-corrected chi connectivity index (χ3v) is 3.50. The number of methoxy groups -OCH3 is 1. The number of benzene rings is 1. The van der Waals surface area contributed by atoms with E-state index in [-0.39, 0.29) is 6.61 Å². The molecule has 24 heavy (non-hydrogen) atoms. The molecule has 0 saturated carbocycles. The van der Waals surface area contributed by atoms with Crippen molar-refractivity contribution in [2.24, 2.45) is 0 Å². The lowest BCUT2D eigenvalue weighted by Crippen LogP contribution is -2.26. The minimum absolute atomic E-state index is 0.0673. The molecule has 2 aromatic rings. The molecule has 0 atom stereocenters. The number of carbonyl (C=O) groups excluding carboxylic acids is 2. The van der Waals surface area contributed by atoms with E-state index >= 15 is 0 Å². The summed E-state index contributed by atoms with van der Waals surface area (Å²) in [7, 11) is 1.24. The Kier molecular flexibility index (Phi) is 5.51. The SMILES string of the molecule is COC(=O)NOCc1cn(C(=O)OC(C)(C)C)c2ccc(Br)cc12. The van der Waals surface area contributed by atoms with Gasteiger partial charge in [0.25, 0.3) is 0 Å². The molecular formula is C16H19BrN2O5. The van der Waals surface area contributed by atoms with Gasteiger partial charge in [-0.3, -0.25) is 9.40 Å². The quantitative estimate of drug-likeness (QED) is 0.791. The fraction of sp³-hybridized carbons (Fsp3) is 0.375. The van der Waals surface area contributed by atoms with Gasteiger partial charge in [-0.15, -0.1) is 0 Å². The molecule has 0 fully saturated rings. The number of aromatic nitrogens is 1. The van der Waals surface area contributed by atoms with Gasteiger partial charge >= 0.3 is 12.2 Å². The summed E-state index contributed by atoms with van der Waals surface area (Å²) < 4.78 is 12.1. The van der Waals surface area contributed by atoms with E-state index in [0.29, 0.717) is 11.1 Å². The number of carbonyl (C=O) groups is 2. The van der Waals surface area contributed by atoms with E-state index in [1.807, 2.05) is 12.1 Å². The first-order valence-corrected chi connectivity index (χ1v) is 7.99. The second-order valence-electron chi connectivity index (χ2n) is 6.05. The van der Waals surface area contributed by atoms with Gasteiger partial charge in [0.2, 0.25) is 0 Å². The van der Waals surface area contributed by atoms with E-state index in [2.05, 4.69) is 26.1 Å². The second kappa shape index (κ2) is 7.23. The molecule has 0 aliphatic heterocycles. The molecule has 1 aromatic carbocycles. The summed E-state index contributed by atoms with van der Waals surface area (Å²) in [5.74, 6) is 0. The molecule has 0 radical (unpaired) electrons. The van der Waals surface area contributed by atoms with Gasteiger partial charge in [-0.2, -0.15) is 5.48 Å². The highest BCUT2D eigenvalue weighted by molar-refractivity contribution is 9.10. The molecular weight excluding hydrogens is 380 g/mol. The van der Waals surface area contributed by atoms with E-state index in [1.165, 1.54) is 11.7 Å². The first-order chi connectivity index (χ1) is 11.2. The Balaban J connectivity index is 2.32. The number of hydroxylamine groups is 1. The molecule has 1 N–H and O–H groups in total. The number of hydrogen-bond acceptors (Lipinski definition) is 5. The zero-order valence-electron chi connectivity index (χ0n) is 13.9. The molecule has 0 unspecified atom stereocenters. The van der Waals surface area contributed by atoms with Gasteiger partial charge in [0, 0.05) is 21.6 Å². The fourth-order valence-corrected chi connectivity index (χ4v) is 2.42. The molecule has 130 valence electrons. The molecule has 2 rings (SSSR count). The average molecular weight is 399 g/mol. The molecule has 0 aliphatic rings. The first kappa shape index (κ1) is 18.3. The van der Waals surface area contributed by atoms with Crippen LogP contribution in [0.15, 0.2) is 28.9 Å². The van der Waals surface area contributed by atoms with Crippen LogP contribution in [0, 0.1) is 0 Å². The van der Waals surface area contributed by atoms with Crippen molar-refractivity contribution < 1.29 is 23.9 Å². The Morgan fingerprint density at radius 3 is 2.62 bits per heavy atom. The van der Waals surface area contributed by atoms with Crippen LogP contribution < -0.4 is 5.48 Å². The van der Waals surface area contributed by atoms with E-state index in [0.717, 1.165) is 9.86 Å². The van der Waals surface area contributed by atoms with Crippen LogP contribution in [0.4, 0.5) is 9.59 Å². The van der Waals surface area contributed by atoms with Crippen molar-refractivity contribution in [3.63, 3.8) is 0 Å². The lowest BCUT2D eigenvalue weighted by molar-refractivity contribution is 0.0253. The molecule has 0 bridgehead atoms. The molecule has 7 nitrogen and oxygen atoms in total. The average Bonchev–Trinajstić information content (AvgIpc) is 2.83. The van der Waals surface area contributed by atoms with E-state index in [4.69, 9.17) is 9.57 Å². The van der Waals surface area contributed by atoms with Gasteiger partial charge in [0.15, 0.2) is 0 Å². The van der Waals surface area contributed by atoms with Crippen LogP contribution in [0.5, 0.6) is 0 Å². The predicted molar refractivity (Wildman–Crippen MR) is 91.6 cm³/mol. The van der Waals surface area contributed by atoms with Crippen LogP contribution in [0.2, 0.25) is 0 Å². The van der Waals surface area contributed by atoms with Crippen LogP contribution in [0.3, 0.4) is 0 Å². The molecule has 1 heterocycles. The first-order valence-electron chi connectivity index (χ1n) is 7.20. The number of fused-ring (bicyclic) bond motifs is 1. The topological polar surface area (TPSA) is 78.8 Å². The Morgan fingerprint density at radius 2 is 2.00 bits per heavy atom. The maximum Gasteiger partial charge on any atom is 0.431 e. The summed E-state index contributed by atoms with van der Waals surface area (Å²) >= 11 is 3.41. The van der Waals surface area contributed by atoms with E-state index in [1.54, 1.807) is 33.0 Å². The Hall–Kier alpha value is -2.06. The third-order valence-electron chi connectivity index (χ3n) is 3.01. The summed E-state index contributed by atoms with van der Waals surface area (Å²) in [4.78, 5) is 28.6. The number of amides is 1. The van der Waals surface area contributed by atoms with Crippen molar-refractivity contribution in [1.82, 2.24) is 10.0 Å². The minimum Gasteiger partial charge on any atom is -0.451 e. The molecule has 1 amide bonds. The molecule has 1 aromatic heterocycles. The maximum atomic E-state index is 12.4. The molecule has 8 heteroatoms. The highest BCUT2D eigenvalue weighted by Gasteiger charge is 2.21. The van der Waals surface area contributed by atoms with Gasteiger partial charge in [-0.1, -0.05) is 15.9 Å². The van der Waals surface area contributed by atoms with Crippen LogP contribution in [-0.2, 0) is 20.9 Å². The van der Waals surface area contributed by atoms with Gasteiger partial charge in [0.1, 0.15) is 12.2 Å². The molecule has 0 spiro atoms. The second-order valence-corrected chi connectivity index (χ2v) is 6.96. The molecule has 0 aliphatic carbocycles. The lowest BCUT2D eigenvalue weighted by Gasteiger charge is -2.19. The standard InChI is InChI=1S/C16H19BrN2O5/c1-16(2,3)24-15(21)19-8-10(9-23-18-14(20)22-4)12-7-11(17)5-6-13(12)19/h5-8H,9H2,1-4H3,(H,18,20). The summed E-state index contributed by atoms with van der Waals surface area (Å²) in [6.45, 7) is 5.48. The Labute approximate surface area is 147 Å². The summed E-state index contributed by atoms with van der Waals surface area (Å²) in [6, 6.07) is 5.51. The zero-order valence-corrected chi connectivity index (χ0v) is 15.5. The number of nitrogens with zero attached hydrogens (tertiary/aromatic N) is 1. The van der Waals surface area contributed by atoms with Gasteiger partial charge in [0.05, 0.1) is 12.6 Å². The number of rotatable bonds is 3. The van der Waals surface area contributed by atoms with Crippen LogP contribution in [0.1, 0.15) is 26.3 Å².